The van der Waals surface area contributed by atoms with E-state index in [9.17, 15) is 4.79 Å². The molecule has 2 N–H and O–H groups in total. The van der Waals surface area contributed by atoms with Gasteiger partial charge >= 0.3 is 0 Å². The minimum Gasteiger partial charge on any atom is -0.494 e. The summed E-state index contributed by atoms with van der Waals surface area (Å²) in [6.45, 7) is 4.57. The highest BCUT2D eigenvalue weighted by atomic mass is 35.5. The highest BCUT2D eigenvalue weighted by Crippen LogP contribution is 2.22. The smallest absolute Gasteiger partial charge is 0.242 e. The van der Waals surface area contributed by atoms with Crippen LogP contribution in [-0.2, 0) is 4.79 Å². The van der Waals surface area contributed by atoms with Gasteiger partial charge in [-0.25, -0.2) is 0 Å². The van der Waals surface area contributed by atoms with Crippen molar-refractivity contribution in [2.75, 3.05) is 23.6 Å². The molecule has 1 aromatic rings. The normalized spacial score (nSPS) is 17.7. The molecule has 1 unspecified atom stereocenters. The third-order valence-electron chi connectivity index (χ3n) is 2.80. The van der Waals surface area contributed by atoms with Gasteiger partial charge in [0.1, 0.15) is 5.75 Å². The van der Waals surface area contributed by atoms with E-state index >= 15 is 0 Å². The monoisotopic (exact) mass is 302 g/mol. The molecule has 4 nitrogen and oxygen atoms in total. The Morgan fingerprint density at radius 3 is 2.95 bits per heavy atom. The number of aryl methyl sites for hydroxylation is 1. The van der Waals surface area contributed by atoms with Crippen LogP contribution in [0.15, 0.2) is 18.2 Å². The van der Waals surface area contributed by atoms with Crippen LogP contribution in [0.5, 0.6) is 5.75 Å². The minimum atomic E-state index is -0.0824. The molecule has 0 radical (unpaired) electrons. The number of hydrogen-bond acceptors (Lipinski definition) is 4. The van der Waals surface area contributed by atoms with Gasteiger partial charge in [-0.1, -0.05) is 0 Å². The number of anilines is 1. The molecule has 0 spiro atoms. The highest BCUT2D eigenvalue weighted by Gasteiger charge is 2.22. The molecule has 0 bridgehead atoms. The van der Waals surface area contributed by atoms with Crippen molar-refractivity contribution >= 4 is 35.8 Å². The summed E-state index contributed by atoms with van der Waals surface area (Å²) in [6, 6.07) is 5.63. The van der Waals surface area contributed by atoms with E-state index < -0.39 is 0 Å². The van der Waals surface area contributed by atoms with Crippen LogP contribution in [0.25, 0.3) is 0 Å². The second-order valence-corrected chi connectivity index (χ2v) is 5.20. The zero-order valence-electron chi connectivity index (χ0n) is 11.1. The maximum Gasteiger partial charge on any atom is 0.242 e. The number of rotatable bonds is 4. The molecule has 1 fully saturated rings. The van der Waals surface area contributed by atoms with Crippen molar-refractivity contribution in [1.82, 2.24) is 5.32 Å². The minimum absolute atomic E-state index is 0. The van der Waals surface area contributed by atoms with Gasteiger partial charge in [-0.3, -0.25) is 10.1 Å². The van der Waals surface area contributed by atoms with Crippen LogP contribution in [0.1, 0.15) is 12.5 Å². The van der Waals surface area contributed by atoms with Crippen LogP contribution in [0, 0.1) is 6.92 Å². The summed E-state index contributed by atoms with van der Waals surface area (Å²) >= 11 is 1.74. The van der Waals surface area contributed by atoms with Gasteiger partial charge in [0, 0.05) is 17.3 Å². The van der Waals surface area contributed by atoms with Crippen LogP contribution in [-0.4, -0.2) is 30.2 Å². The van der Waals surface area contributed by atoms with Crippen LogP contribution in [0.2, 0.25) is 0 Å². The van der Waals surface area contributed by atoms with Crippen molar-refractivity contribution in [3.63, 3.8) is 0 Å². The maximum atomic E-state index is 12.0. The van der Waals surface area contributed by atoms with Gasteiger partial charge in [0.2, 0.25) is 5.91 Å². The zero-order valence-corrected chi connectivity index (χ0v) is 12.7. The van der Waals surface area contributed by atoms with E-state index in [1.807, 2.05) is 32.0 Å². The molecular weight excluding hydrogens is 284 g/mol. The largest absolute Gasteiger partial charge is 0.494 e. The lowest BCUT2D eigenvalue weighted by Gasteiger charge is -2.13. The van der Waals surface area contributed by atoms with Crippen molar-refractivity contribution in [1.29, 1.82) is 0 Å². The summed E-state index contributed by atoms with van der Waals surface area (Å²) in [4.78, 5) is 12.0. The van der Waals surface area contributed by atoms with Crippen LogP contribution in [0.3, 0.4) is 0 Å². The average molecular weight is 303 g/mol. The lowest BCUT2D eigenvalue weighted by atomic mass is 10.2. The van der Waals surface area contributed by atoms with E-state index in [0.717, 1.165) is 28.6 Å². The fourth-order valence-corrected chi connectivity index (χ4v) is 2.76. The summed E-state index contributed by atoms with van der Waals surface area (Å²) < 4.78 is 5.42. The first kappa shape index (κ1) is 16.1. The van der Waals surface area contributed by atoms with Crippen LogP contribution < -0.4 is 15.4 Å². The van der Waals surface area contributed by atoms with Gasteiger partial charge in [0.05, 0.1) is 12.6 Å². The molecule has 6 heteroatoms. The molecule has 1 saturated heterocycles. The van der Waals surface area contributed by atoms with Gasteiger partial charge in [-0.05, 0) is 37.6 Å². The quantitative estimate of drug-likeness (QED) is 0.897. The Hall–Kier alpha value is -0.910. The molecule has 1 aliphatic rings. The van der Waals surface area contributed by atoms with Crippen LogP contribution in [0.4, 0.5) is 5.69 Å². The second kappa shape index (κ2) is 7.62. The second-order valence-electron chi connectivity index (χ2n) is 4.17. The topological polar surface area (TPSA) is 50.4 Å². The Balaban J connectivity index is 0.00000180. The number of benzene rings is 1. The van der Waals surface area contributed by atoms with E-state index in [4.69, 9.17) is 4.74 Å². The zero-order chi connectivity index (χ0) is 13.0. The number of nitrogens with one attached hydrogen (secondary N) is 2. The molecule has 0 aliphatic carbocycles. The van der Waals surface area contributed by atoms with Crippen molar-refractivity contribution in [3.05, 3.63) is 23.8 Å². The number of ether oxygens (including phenoxy) is 1. The Labute approximate surface area is 124 Å². The summed E-state index contributed by atoms with van der Waals surface area (Å²) in [5, 5.41) is 6.11. The summed E-state index contributed by atoms with van der Waals surface area (Å²) in [5.41, 5.74) is 1.86. The molecular formula is C13H19ClN2O2S. The summed E-state index contributed by atoms with van der Waals surface area (Å²) in [7, 11) is 0. The Kier molecular flexibility index (Phi) is 6.48. The first-order valence-electron chi connectivity index (χ1n) is 6.06. The summed E-state index contributed by atoms with van der Waals surface area (Å²) in [6.07, 6.45) is 0. The lowest BCUT2D eigenvalue weighted by molar-refractivity contribution is -0.117. The average Bonchev–Trinajstić information content (AvgIpc) is 2.86. The molecule has 1 atom stereocenters. The van der Waals surface area contributed by atoms with E-state index in [2.05, 4.69) is 10.6 Å². The van der Waals surface area contributed by atoms with E-state index in [0.29, 0.717) is 6.61 Å². The third-order valence-corrected chi connectivity index (χ3v) is 3.74. The Morgan fingerprint density at radius 1 is 1.58 bits per heavy atom. The van der Waals surface area contributed by atoms with Gasteiger partial charge in [-0.2, -0.15) is 0 Å². The van der Waals surface area contributed by atoms with E-state index in [1.54, 1.807) is 11.8 Å². The lowest BCUT2D eigenvalue weighted by Crippen LogP contribution is -2.37. The number of carbonyl (C=O) groups is 1. The van der Waals surface area contributed by atoms with Crippen molar-refractivity contribution in [3.8, 4) is 5.75 Å². The molecule has 19 heavy (non-hydrogen) atoms. The van der Waals surface area contributed by atoms with E-state index in [1.165, 1.54) is 0 Å². The third kappa shape index (κ3) is 4.30. The Bertz CT molecular complexity index is 437. The molecule has 2 rings (SSSR count). The predicted molar refractivity (Wildman–Crippen MR) is 82.5 cm³/mol. The molecule has 106 valence electrons. The SMILES string of the molecule is CCOc1ccc(NC(=O)C2CSCN2)c(C)c1.Cl. The number of halogens is 1. The fraction of sp³-hybridized carbons (Fsp3) is 0.462. The maximum absolute atomic E-state index is 12.0. The van der Waals surface area contributed by atoms with Crippen molar-refractivity contribution in [2.45, 2.75) is 19.9 Å². The van der Waals surface area contributed by atoms with Gasteiger partial charge in [0.15, 0.2) is 0 Å². The number of carbonyl (C=O) groups excluding carboxylic acids is 1. The molecule has 1 amide bonds. The molecule has 0 saturated carbocycles. The molecule has 1 aromatic carbocycles. The molecule has 0 aromatic heterocycles. The van der Waals surface area contributed by atoms with Crippen molar-refractivity contribution in [2.24, 2.45) is 0 Å². The Morgan fingerprint density at radius 2 is 2.37 bits per heavy atom. The van der Waals surface area contributed by atoms with Gasteiger partial charge < -0.3 is 10.1 Å². The molecule has 1 aliphatic heterocycles. The molecule has 1 heterocycles. The number of thioether (sulfide) groups is 1. The first-order chi connectivity index (χ1) is 8.70. The number of hydrogen-bond donors (Lipinski definition) is 2. The first-order valence-corrected chi connectivity index (χ1v) is 7.21. The summed E-state index contributed by atoms with van der Waals surface area (Å²) in [5.74, 6) is 2.55. The van der Waals surface area contributed by atoms with Gasteiger partial charge in [-0.15, -0.1) is 24.2 Å². The number of amides is 1. The van der Waals surface area contributed by atoms with Crippen molar-refractivity contribution < 1.29 is 9.53 Å². The standard InChI is InChI=1S/C13H18N2O2S.ClH/c1-3-17-10-4-5-11(9(2)6-10)15-13(16)12-7-18-8-14-12;/h4-6,12,14H,3,7-8H2,1-2H3,(H,15,16);1H. The van der Waals surface area contributed by atoms with Gasteiger partial charge in [0.25, 0.3) is 0 Å². The predicted octanol–water partition coefficient (Wildman–Crippen LogP) is 2.42. The van der Waals surface area contributed by atoms with Crippen LogP contribution >= 0.6 is 24.2 Å². The highest BCUT2D eigenvalue weighted by molar-refractivity contribution is 7.99. The van der Waals surface area contributed by atoms with E-state index in [-0.39, 0.29) is 24.4 Å². The fourth-order valence-electron chi connectivity index (χ4n) is 1.82.